The number of unbranched alkanes of at least 4 members (excludes halogenated alkanes) is 1. The molecule has 0 spiro atoms. The second-order valence-electron chi connectivity index (χ2n) is 6.40. The number of guanidine groups is 1. The molecule has 3 rings (SSSR count). The van der Waals surface area contributed by atoms with Crippen LogP contribution in [0.15, 0.2) is 46.2 Å². The minimum atomic E-state index is 0. The Morgan fingerprint density at radius 2 is 1.96 bits per heavy atom. The van der Waals surface area contributed by atoms with Gasteiger partial charge in [-0.1, -0.05) is 12.1 Å². The maximum absolute atomic E-state index is 11.9. The maximum atomic E-state index is 11.9. The first kappa shape index (κ1) is 22.1. The molecule has 2 aromatic rings. The standard InChI is InChI=1S/C20H26N4O3.HI/c1-15-6-5-7-19(25)24(15)11-4-3-10-22-20(21-2)23-13-16-8-9-17-18(12-16)27-14-26-17;/h5-9,12H,3-4,10-11,13-14H2,1-2H3,(H2,21,22,23);1H. The van der Waals surface area contributed by atoms with Crippen LogP contribution in [0.5, 0.6) is 11.5 Å². The molecule has 0 radical (unpaired) electrons. The van der Waals surface area contributed by atoms with E-state index in [1.54, 1.807) is 19.2 Å². The highest BCUT2D eigenvalue weighted by atomic mass is 127. The van der Waals surface area contributed by atoms with E-state index in [1.807, 2.05) is 35.8 Å². The normalized spacial score (nSPS) is 12.4. The molecule has 7 nitrogen and oxygen atoms in total. The van der Waals surface area contributed by atoms with Crippen molar-refractivity contribution >= 4 is 29.9 Å². The molecule has 0 saturated carbocycles. The van der Waals surface area contributed by atoms with Gasteiger partial charge in [-0.2, -0.15) is 0 Å². The molecular weight excluding hydrogens is 471 g/mol. The number of aliphatic imine (C=N–C) groups is 1. The van der Waals surface area contributed by atoms with Crippen LogP contribution in [0.3, 0.4) is 0 Å². The van der Waals surface area contributed by atoms with Crippen LogP contribution in [0, 0.1) is 6.92 Å². The highest BCUT2D eigenvalue weighted by Crippen LogP contribution is 2.32. The van der Waals surface area contributed by atoms with E-state index in [4.69, 9.17) is 9.47 Å². The minimum absolute atomic E-state index is 0. The first-order valence-corrected chi connectivity index (χ1v) is 9.17. The van der Waals surface area contributed by atoms with Crippen LogP contribution in [-0.2, 0) is 13.1 Å². The molecule has 0 bridgehead atoms. The van der Waals surface area contributed by atoms with E-state index in [2.05, 4.69) is 15.6 Å². The number of nitrogens with one attached hydrogen (secondary N) is 2. The largest absolute Gasteiger partial charge is 0.454 e. The quantitative estimate of drug-likeness (QED) is 0.266. The topological polar surface area (TPSA) is 76.9 Å². The van der Waals surface area contributed by atoms with Crippen molar-refractivity contribution in [1.29, 1.82) is 0 Å². The van der Waals surface area contributed by atoms with Crippen LogP contribution in [0.4, 0.5) is 0 Å². The van der Waals surface area contributed by atoms with E-state index >= 15 is 0 Å². The number of benzene rings is 1. The molecular formula is C20H27IN4O3. The average molecular weight is 498 g/mol. The Bertz CT molecular complexity index is 867. The Morgan fingerprint density at radius 1 is 1.14 bits per heavy atom. The predicted octanol–water partition coefficient (Wildman–Crippen LogP) is 2.65. The Kier molecular flexibility index (Phi) is 8.62. The van der Waals surface area contributed by atoms with Crippen LogP contribution in [0.1, 0.15) is 24.1 Å². The summed E-state index contributed by atoms with van der Waals surface area (Å²) in [5.41, 5.74) is 2.15. The lowest BCUT2D eigenvalue weighted by molar-refractivity contribution is 0.174. The molecule has 1 aliphatic rings. The van der Waals surface area contributed by atoms with Gasteiger partial charge >= 0.3 is 0 Å². The van der Waals surface area contributed by atoms with E-state index in [0.29, 0.717) is 6.54 Å². The highest BCUT2D eigenvalue weighted by molar-refractivity contribution is 14.0. The summed E-state index contributed by atoms with van der Waals surface area (Å²) in [6.45, 7) is 4.42. The second kappa shape index (κ2) is 10.9. The Hall–Kier alpha value is -2.23. The number of fused-ring (bicyclic) bond motifs is 1. The fraction of sp³-hybridized carbons (Fsp3) is 0.400. The third kappa shape index (κ3) is 5.88. The molecule has 2 N–H and O–H groups in total. The summed E-state index contributed by atoms with van der Waals surface area (Å²) in [6, 6.07) is 11.3. The van der Waals surface area contributed by atoms with Gasteiger partial charge in [-0.3, -0.25) is 9.79 Å². The summed E-state index contributed by atoms with van der Waals surface area (Å²) >= 11 is 0. The van der Waals surface area contributed by atoms with Crippen LogP contribution in [-0.4, -0.2) is 30.9 Å². The van der Waals surface area contributed by atoms with E-state index in [9.17, 15) is 4.79 Å². The van der Waals surface area contributed by atoms with Crippen molar-refractivity contribution in [1.82, 2.24) is 15.2 Å². The zero-order valence-corrected chi connectivity index (χ0v) is 18.6. The van der Waals surface area contributed by atoms with Gasteiger partial charge in [-0.15, -0.1) is 24.0 Å². The molecule has 0 amide bonds. The fourth-order valence-corrected chi connectivity index (χ4v) is 2.97. The molecule has 0 saturated heterocycles. The zero-order chi connectivity index (χ0) is 19.1. The maximum Gasteiger partial charge on any atom is 0.250 e. The Labute approximate surface area is 182 Å². The number of halogens is 1. The molecule has 0 unspecified atom stereocenters. The molecule has 0 atom stereocenters. The molecule has 1 aromatic heterocycles. The zero-order valence-electron chi connectivity index (χ0n) is 16.2. The second-order valence-corrected chi connectivity index (χ2v) is 6.40. The van der Waals surface area contributed by atoms with Gasteiger partial charge in [0, 0.05) is 38.4 Å². The van der Waals surface area contributed by atoms with Crippen LogP contribution in [0.2, 0.25) is 0 Å². The van der Waals surface area contributed by atoms with Gasteiger partial charge in [0.05, 0.1) is 0 Å². The number of rotatable bonds is 7. The van der Waals surface area contributed by atoms with Crippen LogP contribution in [0.25, 0.3) is 0 Å². The molecule has 2 heterocycles. The van der Waals surface area contributed by atoms with Crippen LogP contribution >= 0.6 is 24.0 Å². The summed E-state index contributed by atoms with van der Waals surface area (Å²) in [4.78, 5) is 16.1. The number of ether oxygens (including phenoxy) is 2. The number of aryl methyl sites for hydroxylation is 1. The summed E-state index contributed by atoms with van der Waals surface area (Å²) < 4.78 is 12.5. The molecule has 0 fully saturated rings. The van der Waals surface area contributed by atoms with Gasteiger partial charge in [-0.05, 0) is 43.5 Å². The van der Waals surface area contributed by atoms with Gasteiger partial charge in [-0.25, -0.2) is 0 Å². The summed E-state index contributed by atoms with van der Waals surface area (Å²) in [7, 11) is 1.75. The van der Waals surface area contributed by atoms with Gasteiger partial charge in [0.15, 0.2) is 17.5 Å². The summed E-state index contributed by atoms with van der Waals surface area (Å²) in [6.07, 6.45) is 1.88. The third-order valence-corrected chi connectivity index (χ3v) is 4.49. The van der Waals surface area contributed by atoms with Crippen molar-refractivity contribution in [3.8, 4) is 11.5 Å². The van der Waals surface area contributed by atoms with Gasteiger partial charge in [0.1, 0.15) is 0 Å². The lowest BCUT2D eigenvalue weighted by Gasteiger charge is -2.13. The van der Waals surface area contributed by atoms with Crippen molar-refractivity contribution in [2.45, 2.75) is 32.9 Å². The molecule has 152 valence electrons. The van der Waals surface area contributed by atoms with Gasteiger partial charge in [0.25, 0.3) is 5.56 Å². The third-order valence-electron chi connectivity index (χ3n) is 4.49. The van der Waals surface area contributed by atoms with Gasteiger partial charge < -0.3 is 24.7 Å². The van der Waals surface area contributed by atoms with E-state index in [-0.39, 0.29) is 36.3 Å². The number of nitrogens with zero attached hydrogens (tertiary/aromatic N) is 2. The van der Waals surface area contributed by atoms with Crippen molar-refractivity contribution < 1.29 is 9.47 Å². The van der Waals surface area contributed by atoms with Gasteiger partial charge in [0.2, 0.25) is 6.79 Å². The Balaban J connectivity index is 0.00000280. The summed E-state index contributed by atoms with van der Waals surface area (Å²) in [5, 5.41) is 6.59. The predicted molar refractivity (Wildman–Crippen MR) is 121 cm³/mol. The monoisotopic (exact) mass is 498 g/mol. The van der Waals surface area contributed by atoms with Crippen molar-refractivity contribution in [2.75, 3.05) is 20.4 Å². The van der Waals surface area contributed by atoms with Crippen molar-refractivity contribution in [3.05, 3.63) is 58.0 Å². The van der Waals surface area contributed by atoms with E-state index in [1.165, 1.54) is 0 Å². The lowest BCUT2D eigenvalue weighted by Crippen LogP contribution is -2.37. The molecule has 28 heavy (non-hydrogen) atoms. The number of hydrogen-bond donors (Lipinski definition) is 2. The first-order chi connectivity index (χ1) is 13.2. The van der Waals surface area contributed by atoms with Crippen molar-refractivity contribution in [3.63, 3.8) is 0 Å². The SMILES string of the molecule is CN=C(NCCCCn1c(C)cccc1=O)NCc1ccc2c(c1)OCO2.I. The van der Waals surface area contributed by atoms with Crippen molar-refractivity contribution in [2.24, 2.45) is 4.99 Å². The highest BCUT2D eigenvalue weighted by Gasteiger charge is 2.13. The molecule has 0 aliphatic carbocycles. The number of pyridine rings is 1. The molecule has 8 heteroatoms. The molecule has 1 aromatic carbocycles. The lowest BCUT2D eigenvalue weighted by atomic mass is 10.2. The first-order valence-electron chi connectivity index (χ1n) is 9.17. The number of hydrogen-bond acceptors (Lipinski definition) is 4. The fourth-order valence-electron chi connectivity index (χ4n) is 2.97. The van der Waals surface area contributed by atoms with Crippen LogP contribution < -0.4 is 25.7 Å². The van der Waals surface area contributed by atoms with E-state index < -0.39 is 0 Å². The Morgan fingerprint density at radius 3 is 2.75 bits per heavy atom. The van der Waals surface area contributed by atoms with E-state index in [0.717, 1.165) is 54.6 Å². The summed E-state index contributed by atoms with van der Waals surface area (Å²) in [5.74, 6) is 2.32. The number of aromatic nitrogens is 1. The average Bonchev–Trinajstić information content (AvgIpc) is 3.13. The minimum Gasteiger partial charge on any atom is -0.454 e. The molecule has 1 aliphatic heterocycles. The smallest absolute Gasteiger partial charge is 0.250 e.